The summed E-state index contributed by atoms with van der Waals surface area (Å²) in [6.07, 6.45) is 5.17. The number of aromatic nitrogens is 4. The molecule has 0 unspecified atom stereocenters. The van der Waals surface area contributed by atoms with Crippen molar-refractivity contribution in [2.75, 3.05) is 57.1 Å². The number of aromatic amines is 1. The van der Waals surface area contributed by atoms with E-state index in [0.717, 1.165) is 34.4 Å². The number of nitrogen functional groups attached to an aromatic ring is 1. The predicted molar refractivity (Wildman–Crippen MR) is 186 cm³/mol. The lowest BCUT2D eigenvalue weighted by Crippen LogP contribution is -2.33. The number of likely N-dealkylation sites (N-methyl/N-ethyl adjacent to an activating group) is 2. The van der Waals surface area contributed by atoms with Gasteiger partial charge in [0.25, 0.3) is 5.92 Å². The largest absolute Gasteiger partial charge is 0.462 e. The van der Waals surface area contributed by atoms with Gasteiger partial charge in [-0.3, -0.25) is 14.8 Å². The minimum absolute atomic E-state index is 0. The summed E-state index contributed by atoms with van der Waals surface area (Å²) < 4.78 is 33.0. The number of rotatable bonds is 8. The zero-order chi connectivity index (χ0) is 31.3. The van der Waals surface area contributed by atoms with Crippen LogP contribution in [0.2, 0.25) is 0 Å². The molecule has 4 N–H and O–H groups in total. The Labute approximate surface area is 278 Å². The van der Waals surface area contributed by atoms with Gasteiger partial charge in [0.1, 0.15) is 12.4 Å². The van der Waals surface area contributed by atoms with Crippen molar-refractivity contribution in [1.29, 1.82) is 0 Å². The van der Waals surface area contributed by atoms with Gasteiger partial charge < -0.3 is 25.4 Å². The van der Waals surface area contributed by atoms with Crippen LogP contribution in [-0.2, 0) is 17.8 Å². The number of benzene rings is 1. The van der Waals surface area contributed by atoms with Crippen LogP contribution in [0.5, 0.6) is 6.01 Å². The number of nitrogens with zero attached hydrogens (tertiary/aromatic N) is 6. The third kappa shape index (κ3) is 9.29. The first-order valence-corrected chi connectivity index (χ1v) is 14.6. The van der Waals surface area contributed by atoms with Gasteiger partial charge in [0.15, 0.2) is 0 Å². The van der Waals surface area contributed by atoms with Gasteiger partial charge in [0, 0.05) is 49.1 Å². The fourth-order valence-electron chi connectivity index (χ4n) is 5.62. The normalized spacial score (nSPS) is 16.9. The van der Waals surface area contributed by atoms with Crippen molar-refractivity contribution in [3.8, 4) is 6.01 Å². The van der Waals surface area contributed by atoms with Gasteiger partial charge in [-0.05, 0) is 58.4 Å². The molecule has 46 heavy (non-hydrogen) atoms. The smallest absolute Gasteiger partial charge is 0.318 e. The quantitative estimate of drug-likeness (QED) is 0.294. The van der Waals surface area contributed by atoms with Gasteiger partial charge in [0.2, 0.25) is 5.91 Å². The molecule has 0 radical (unpaired) electrons. The van der Waals surface area contributed by atoms with Crippen molar-refractivity contribution in [3.05, 3.63) is 46.8 Å². The van der Waals surface area contributed by atoms with Crippen LogP contribution < -0.4 is 15.4 Å². The van der Waals surface area contributed by atoms with E-state index in [4.69, 9.17) is 15.6 Å². The predicted octanol–water partition coefficient (Wildman–Crippen LogP) is 4.62. The highest BCUT2D eigenvalue weighted by Crippen LogP contribution is 2.36. The van der Waals surface area contributed by atoms with Crippen molar-refractivity contribution < 1.29 is 23.4 Å². The lowest BCUT2D eigenvalue weighted by Gasteiger charge is -2.32. The van der Waals surface area contributed by atoms with E-state index in [-0.39, 0.29) is 72.5 Å². The monoisotopic (exact) mass is 666 g/mol. The van der Waals surface area contributed by atoms with Crippen molar-refractivity contribution >= 4 is 41.8 Å². The molecule has 11 nitrogen and oxygen atoms in total. The highest BCUT2D eigenvalue weighted by molar-refractivity contribution is 7.59. The van der Waals surface area contributed by atoms with Gasteiger partial charge >= 0.3 is 6.01 Å². The first kappa shape index (κ1) is 40.5. The maximum absolute atomic E-state index is 13.7. The number of likely N-dealkylation sites (tertiary alicyclic amines) is 1. The van der Waals surface area contributed by atoms with Crippen LogP contribution >= 0.6 is 13.5 Å². The minimum Gasteiger partial charge on any atom is -0.462 e. The summed E-state index contributed by atoms with van der Waals surface area (Å²) in [6.45, 7) is 10.6. The van der Waals surface area contributed by atoms with Crippen molar-refractivity contribution in [1.82, 2.24) is 30.0 Å². The fraction of sp³-hybridized carbons (Fsp3) is 0.562. The molecule has 2 aliphatic rings. The van der Waals surface area contributed by atoms with Crippen LogP contribution in [0.25, 0.3) is 10.9 Å². The standard InChI is InChI=1S/C22H27F2N7O.C8H15NO2.2CH4.H2S/c1-12-6-17-16(8-26-29-17)19(13(12)2)31-5-4-15-18(9-31)27-21(28-20(15)25)32-10-14-7-22(23,24)11-30(14)3;1-3-9(4-2)8(11)6-5-7-10;;;/h6,8,14H,4-5,7,9-11H2,1-3H3,(H,26,29)(H2,25,27,28);5-6,10H,3-4,7H2,1-2H3;2*1H4;1H2/b;6-5+;;;/t14-;;;;/m0..../s1. The number of carbonyl (C=O) groups excluding carboxylic acids is 1. The summed E-state index contributed by atoms with van der Waals surface area (Å²) >= 11 is 0. The SMILES string of the molecule is C.C.CCN(CC)C(=O)/C=C/CO.Cc1cc2[nH]ncc2c(N2CCc3c(N)nc(OC[C@@H]4CC(F)(F)CN4C)nc3C2)c1C.S. The Morgan fingerprint density at radius 3 is 2.57 bits per heavy atom. The Bertz CT molecular complexity index is 1460. The van der Waals surface area contributed by atoms with Crippen LogP contribution in [0, 0.1) is 13.8 Å². The van der Waals surface area contributed by atoms with Gasteiger partial charge in [0.05, 0.1) is 42.8 Å². The third-order valence-corrected chi connectivity index (χ3v) is 8.11. The molecule has 2 aliphatic heterocycles. The molecule has 1 fully saturated rings. The number of nitrogens with two attached hydrogens (primary N) is 1. The molecular formula is C32H52F2N8O3S. The molecular weight excluding hydrogens is 614 g/mol. The molecule has 14 heteroatoms. The molecule has 258 valence electrons. The first-order valence-electron chi connectivity index (χ1n) is 14.6. The molecule has 4 heterocycles. The molecule has 3 aromatic rings. The number of hydrogen-bond donors (Lipinski definition) is 3. The molecule has 0 saturated carbocycles. The Morgan fingerprint density at radius 2 is 1.96 bits per heavy atom. The Balaban J connectivity index is 0.000000657. The number of hydrogen-bond acceptors (Lipinski definition) is 9. The number of carbonyl (C=O) groups is 1. The second kappa shape index (κ2) is 17.4. The minimum atomic E-state index is -2.69. The first-order chi connectivity index (χ1) is 20.5. The number of halogens is 2. The van der Waals surface area contributed by atoms with Crippen LogP contribution in [0.4, 0.5) is 20.3 Å². The van der Waals surface area contributed by atoms with E-state index < -0.39 is 5.92 Å². The second-order valence-corrected chi connectivity index (χ2v) is 11.0. The molecule has 1 aromatic carbocycles. The van der Waals surface area contributed by atoms with Gasteiger partial charge in [-0.1, -0.05) is 20.9 Å². The van der Waals surface area contributed by atoms with E-state index in [0.29, 0.717) is 31.9 Å². The van der Waals surface area contributed by atoms with E-state index in [1.807, 2.05) is 20.0 Å². The molecule has 0 bridgehead atoms. The van der Waals surface area contributed by atoms with E-state index in [1.54, 1.807) is 16.8 Å². The molecule has 0 aliphatic carbocycles. The number of nitrogens with one attached hydrogen (secondary N) is 1. The van der Waals surface area contributed by atoms with Gasteiger partial charge in [-0.15, -0.1) is 0 Å². The molecule has 1 saturated heterocycles. The number of aryl methyl sites for hydroxylation is 1. The van der Waals surface area contributed by atoms with Crippen LogP contribution in [-0.4, -0.2) is 99.4 Å². The zero-order valence-corrected chi connectivity index (χ0v) is 27.0. The topological polar surface area (TPSA) is 137 Å². The van der Waals surface area contributed by atoms with E-state index in [9.17, 15) is 13.6 Å². The highest BCUT2D eigenvalue weighted by Gasteiger charge is 2.43. The molecule has 1 atom stereocenters. The van der Waals surface area contributed by atoms with E-state index in [2.05, 4.69) is 45.0 Å². The summed E-state index contributed by atoms with van der Waals surface area (Å²) in [4.78, 5) is 25.6. The van der Waals surface area contributed by atoms with Gasteiger partial charge in [-0.2, -0.15) is 28.6 Å². The van der Waals surface area contributed by atoms with Gasteiger partial charge in [-0.25, -0.2) is 8.78 Å². The van der Waals surface area contributed by atoms with Crippen molar-refractivity contribution in [2.24, 2.45) is 0 Å². The van der Waals surface area contributed by atoms with Crippen molar-refractivity contribution in [2.45, 2.75) is 73.9 Å². The summed E-state index contributed by atoms with van der Waals surface area (Å²) in [5, 5.41) is 16.7. The summed E-state index contributed by atoms with van der Waals surface area (Å²) in [6, 6.07) is 1.86. The maximum atomic E-state index is 13.7. The molecule has 0 spiro atoms. The second-order valence-electron chi connectivity index (χ2n) is 11.0. The molecule has 2 aromatic heterocycles. The fourth-order valence-corrected chi connectivity index (χ4v) is 5.62. The number of H-pyrrole nitrogens is 1. The summed E-state index contributed by atoms with van der Waals surface area (Å²) in [5.74, 6) is -2.34. The van der Waals surface area contributed by atoms with Crippen molar-refractivity contribution in [3.63, 3.8) is 0 Å². The van der Waals surface area contributed by atoms with E-state index in [1.165, 1.54) is 23.3 Å². The summed E-state index contributed by atoms with van der Waals surface area (Å²) in [5.41, 5.74) is 12.5. The number of ether oxygens (including phenoxy) is 1. The van der Waals surface area contributed by atoms with Crippen LogP contribution in [0.3, 0.4) is 0 Å². The Morgan fingerprint density at radius 1 is 1.26 bits per heavy atom. The number of aliphatic hydroxyl groups excluding tert-OH is 1. The number of amides is 1. The average molecular weight is 667 g/mol. The average Bonchev–Trinajstić information content (AvgIpc) is 3.53. The Kier molecular flexibility index (Phi) is 15.4. The summed E-state index contributed by atoms with van der Waals surface area (Å²) in [7, 11) is 1.68. The zero-order valence-electron chi connectivity index (χ0n) is 26.0. The lowest BCUT2D eigenvalue weighted by molar-refractivity contribution is -0.125. The van der Waals surface area contributed by atoms with E-state index >= 15 is 0 Å². The number of fused-ring (bicyclic) bond motifs is 2. The third-order valence-electron chi connectivity index (χ3n) is 8.11. The Hall–Kier alpha value is -3.49. The molecule has 5 rings (SSSR count). The number of anilines is 2. The van der Waals surface area contributed by atoms with Crippen LogP contribution in [0.1, 0.15) is 57.5 Å². The molecule has 1 amide bonds. The lowest BCUT2D eigenvalue weighted by atomic mass is 9.99. The van der Waals surface area contributed by atoms with Crippen LogP contribution in [0.15, 0.2) is 24.4 Å². The number of aliphatic hydroxyl groups is 1. The number of alkyl halides is 2. The highest BCUT2D eigenvalue weighted by atomic mass is 32.1. The maximum Gasteiger partial charge on any atom is 0.318 e.